The Labute approximate surface area is 124 Å². The molecule has 0 atom stereocenters. The molecule has 2 aromatic rings. The number of benzene rings is 1. The Morgan fingerprint density at radius 1 is 1.35 bits per heavy atom. The fraction of sp³-hybridized carbons (Fsp3) is 0.154. The number of anilines is 1. The lowest BCUT2D eigenvalue weighted by Crippen LogP contribution is -2.25. The van der Waals surface area contributed by atoms with Gasteiger partial charge in [0.1, 0.15) is 0 Å². The lowest BCUT2D eigenvalue weighted by Gasteiger charge is -2.16. The van der Waals surface area contributed by atoms with Crippen molar-refractivity contribution in [3.05, 3.63) is 51.4 Å². The number of nitrogens with zero attached hydrogens (tertiary/aromatic N) is 2. The summed E-state index contributed by atoms with van der Waals surface area (Å²) in [5.74, 6) is -0.249. The topological polar surface area (TPSA) is 63.5 Å². The standard InChI is InChI=1S/C13H12N2O3S2/c1-14(9-4-3-5-10(8-9)19-2)13(16)11-6-7-12(20-11)15(17)18/h3-8H,1-2H3. The number of amides is 1. The number of thiophene rings is 1. The number of carbonyl (C=O) groups excluding carboxylic acids is 1. The van der Waals surface area contributed by atoms with E-state index in [-0.39, 0.29) is 10.9 Å². The van der Waals surface area contributed by atoms with Crippen LogP contribution in [0.5, 0.6) is 0 Å². The van der Waals surface area contributed by atoms with Gasteiger partial charge in [0, 0.05) is 23.7 Å². The van der Waals surface area contributed by atoms with Gasteiger partial charge in [-0.25, -0.2) is 0 Å². The molecule has 0 saturated heterocycles. The fourth-order valence-electron chi connectivity index (χ4n) is 1.64. The fourth-order valence-corrected chi connectivity index (χ4v) is 2.89. The molecule has 1 heterocycles. The first kappa shape index (κ1) is 14.5. The first-order valence-corrected chi connectivity index (χ1v) is 7.73. The number of carbonyl (C=O) groups is 1. The summed E-state index contributed by atoms with van der Waals surface area (Å²) in [6.07, 6.45) is 1.96. The maximum absolute atomic E-state index is 12.3. The number of hydrogen-bond acceptors (Lipinski definition) is 5. The molecule has 1 amide bonds. The third kappa shape index (κ3) is 3.00. The molecule has 1 aromatic heterocycles. The summed E-state index contributed by atoms with van der Waals surface area (Å²) in [6, 6.07) is 10.4. The van der Waals surface area contributed by atoms with Gasteiger partial charge in [0.2, 0.25) is 0 Å². The van der Waals surface area contributed by atoms with E-state index in [9.17, 15) is 14.9 Å². The highest BCUT2D eigenvalue weighted by Crippen LogP contribution is 2.27. The Morgan fingerprint density at radius 2 is 2.10 bits per heavy atom. The van der Waals surface area contributed by atoms with E-state index in [1.54, 1.807) is 18.8 Å². The van der Waals surface area contributed by atoms with E-state index in [2.05, 4.69) is 0 Å². The van der Waals surface area contributed by atoms with Gasteiger partial charge < -0.3 is 4.90 Å². The van der Waals surface area contributed by atoms with Crippen LogP contribution in [0.25, 0.3) is 0 Å². The molecule has 0 saturated carbocycles. The quantitative estimate of drug-likeness (QED) is 0.491. The van der Waals surface area contributed by atoms with Crippen LogP contribution in [0.3, 0.4) is 0 Å². The van der Waals surface area contributed by atoms with Crippen molar-refractivity contribution >= 4 is 39.7 Å². The predicted octanol–water partition coefficient (Wildman–Crippen LogP) is 3.65. The molecule has 0 aliphatic heterocycles. The molecule has 0 N–H and O–H groups in total. The van der Waals surface area contributed by atoms with Crippen molar-refractivity contribution in [2.24, 2.45) is 0 Å². The first-order chi connectivity index (χ1) is 9.52. The maximum atomic E-state index is 12.3. The summed E-state index contributed by atoms with van der Waals surface area (Å²) in [6.45, 7) is 0. The van der Waals surface area contributed by atoms with E-state index in [1.807, 2.05) is 30.5 Å². The summed E-state index contributed by atoms with van der Waals surface area (Å²) in [5.41, 5.74) is 0.762. The highest BCUT2D eigenvalue weighted by Gasteiger charge is 2.19. The Balaban J connectivity index is 2.24. The average Bonchev–Trinajstić information content (AvgIpc) is 2.95. The van der Waals surface area contributed by atoms with Gasteiger partial charge in [0.25, 0.3) is 5.91 Å². The lowest BCUT2D eigenvalue weighted by atomic mass is 10.3. The number of hydrogen-bond donors (Lipinski definition) is 0. The van der Waals surface area contributed by atoms with Crippen molar-refractivity contribution in [1.29, 1.82) is 0 Å². The zero-order valence-electron chi connectivity index (χ0n) is 10.9. The third-order valence-corrected chi connectivity index (χ3v) is 4.48. The minimum absolute atomic E-state index is 0.0281. The summed E-state index contributed by atoms with van der Waals surface area (Å²) < 4.78 is 0. The molecule has 0 bridgehead atoms. The van der Waals surface area contributed by atoms with E-state index < -0.39 is 4.92 Å². The van der Waals surface area contributed by atoms with Gasteiger partial charge >= 0.3 is 5.00 Å². The third-order valence-electron chi connectivity index (χ3n) is 2.73. The first-order valence-electron chi connectivity index (χ1n) is 5.69. The molecule has 0 spiro atoms. The Morgan fingerprint density at radius 3 is 2.70 bits per heavy atom. The number of rotatable bonds is 4. The van der Waals surface area contributed by atoms with Crippen LogP contribution >= 0.6 is 23.1 Å². The van der Waals surface area contributed by atoms with Gasteiger partial charge in [-0.1, -0.05) is 17.4 Å². The van der Waals surface area contributed by atoms with Crippen LogP contribution in [0.1, 0.15) is 9.67 Å². The van der Waals surface area contributed by atoms with Crippen molar-refractivity contribution in [2.45, 2.75) is 4.90 Å². The molecule has 2 rings (SSSR count). The average molecular weight is 308 g/mol. The second-order valence-corrected chi connectivity index (χ2v) is 5.90. The van der Waals surface area contributed by atoms with Crippen molar-refractivity contribution < 1.29 is 9.72 Å². The normalized spacial score (nSPS) is 10.3. The van der Waals surface area contributed by atoms with E-state index in [4.69, 9.17) is 0 Å². The maximum Gasteiger partial charge on any atom is 0.324 e. The van der Waals surface area contributed by atoms with Crippen LogP contribution in [-0.4, -0.2) is 24.1 Å². The predicted molar refractivity (Wildman–Crippen MR) is 81.9 cm³/mol. The molecule has 104 valence electrons. The summed E-state index contributed by atoms with van der Waals surface area (Å²) in [5, 5.41) is 10.6. The molecule has 0 aliphatic carbocycles. The van der Waals surface area contributed by atoms with Gasteiger partial charge in [0.15, 0.2) is 0 Å². The second-order valence-electron chi connectivity index (χ2n) is 3.96. The van der Waals surface area contributed by atoms with Crippen LogP contribution in [0.4, 0.5) is 10.7 Å². The van der Waals surface area contributed by atoms with Crippen LogP contribution < -0.4 is 4.90 Å². The monoisotopic (exact) mass is 308 g/mol. The Hall–Kier alpha value is -1.86. The van der Waals surface area contributed by atoms with Crippen LogP contribution in [-0.2, 0) is 0 Å². The van der Waals surface area contributed by atoms with E-state index >= 15 is 0 Å². The molecule has 0 aliphatic rings. The van der Waals surface area contributed by atoms with Gasteiger partial charge in [-0.15, -0.1) is 11.8 Å². The molecule has 0 fully saturated rings. The molecule has 7 heteroatoms. The Bertz CT molecular complexity index is 655. The molecule has 0 radical (unpaired) electrons. The van der Waals surface area contributed by atoms with Crippen LogP contribution in [0.2, 0.25) is 0 Å². The van der Waals surface area contributed by atoms with Crippen molar-refractivity contribution in [3.63, 3.8) is 0 Å². The van der Waals surface area contributed by atoms with Crippen LogP contribution in [0, 0.1) is 10.1 Å². The van der Waals surface area contributed by atoms with Crippen molar-refractivity contribution in [1.82, 2.24) is 0 Å². The van der Waals surface area contributed by atoms with Gasteiger partial charge in [0.05, 0.1) is 9.80 Å². The SMILES string of the molecule is CSc1cccc(N(C)C(=O)c2ccc([N+](=O)[O-])s2)c1. The van der Waals surface area contributed by atoms with Gasteiger partial charge in [-0.3, -0.25) is 14.9 Å². The molecular formula is C13H12N2O3S2. The molecule has 20 heavy (non-hydrogen) atoms. The van der Waals surface area contributed by atoms with Gasteiger partial charge in [-0.2, -0.15) is 0 Å². The van der Waals surface area contributed by atoms with Crippen LogP contribution in [0.15, 0.2) is 41.3 Å². The minimum atomic E-state index is -0.490. The smallest absolute Gasteiger partial charge is 0.311 e. The number of nitro groups is 1. The van der Waals surface area contributed by atoms with Crippen molar-refractivity contribution in [3.8, 4) is 0 Å². The number of thioether (sulfide) groups is 1. The molecular weight excluding hydrogens is 296 g/mol. The van der Waals surface area contributed by atoms with E-state index in [1.165, 1.54) is 17.0 Å². The van der Waals surface area contributed by atoms with Gasteiger partial charge in [-0.05, 0) is 30.5 Å². The highest BCUT2D eigenvalue weighted by atomic mass is 32.2. The summed E-state index contributed by atoms with van der Waals surface area (Å²) in [7, 11) is 1.66. The van der Waals surface area contributed by atoms with E-state index in [0.29, 0.717) is 4.88 Å². The lowest BCUT2D eigenvalue weighted by molar-refractivity contribution is -0.380. The zero-order valence-corrected chi connectivity index (χ0v) is 12.5. The summed E-state index contributed by atoms with van der Waals surface area (Å²) >= 11 is 2.48. The van der Waals surface area contributed by atoms with E-state index in [0.717, 1.165) is 21.9 Å². The second kappa shape index (κ2) is 6.06. The Kier molecular flexibility index (Phi) is 4.41. The minimum Gasteiger partial charge on any atom is -0.311 e. The molecule has 5 nitrogen and oxygen atoms in total. The molecule has 1 aromatic carbocycles. The highest BCUT2D eigenvalue weighted by molar-refractivity contribution is 7.98. The largest absolute Gasteiger partial charge is 0.324 e. The zero-order chi connectivity index (χ0) is 14.7. The molecule has 0 unspecified atom stereocenters. The summed E-state index contributed by atoms with van der Waals surface area (Å²) in [4.78, 5) is 25.4. The van der Waals surface area contributed by atoms with Crippen molar-refractivity contribution in [2.75, 3.05) is 18.2 Å².